The molecule has 0 aliphatic carbocycles. The molecule has 6 heteroatoms. The van der Waals surface area contributed by atoms with E-state index in [2.05, 4.69) is 5.32 Å². The number of amides is 1. The Hall–Kier alpha value is -1.14. The lowest BCUT2D eigenvalue weighted by molar-refractivity contribution is -0.142. The average molecular weight is 218 g/mol. The Labute approximate surface area is 88.8 Å². The van der Waals surface area contributed by atoms with Gasteiger partial charge in [-0.3, -0.25) is 4.79 Å². The summed E-state index contributed by atoms with van der Waals surface area (Å²) in [5.41, 5.74) is 5.54. The first-order valence-electron chi connectivity index (χ1n) is 4.78. The van der Waals surface area contributed by atoms with E-state index < -0.39 is 5.97 Å². The second-order valence-corrected chi connectivity index (χ2v) is 3.39. The monoisotopic (exact) mass is 218 g/mol. The maximum absolute atomic E-state index is 11.3. The first-order valence-corrected chi connectivity index (χ1v) is 4.78. The first-order chi connectivity index (χ1) is 6.95. The molecule has 0 saturated heterocycles. The lowest BCUT2D eigenvalue weighted by atomic mass is 10.0. The second-order valence-electron chi connectivity index (χ2n) is 3.39. The predicted octanol–water partition coefficient (Wildman–Crippen LogP) is -0.813. The molecule has 4 N–H and O–H groups in total. The zero-order valence-corrected chi connectivity index (χ0v) is 9.03. The van der Waals surface area contributed by atoms with Crippen molar-refractivity contribution in [3.63, 3.8) is 0 Å². The minimum Gasteiger partial charge on any atom is -0.480 e. The van der Waals surface area contributed by atoms with E-state index >= 15 is 0 Å². The van der Waals surface area contributed by atoms with Crippen molar-refractivity contribution in [2.24, 2.45) is 11.7 Å². The van der Waals surface area contributed by atoms with Crippen LogP contribution in [-0.2, 0) is 14.3 Å². The van der Waals surface area contributed by atoms with Gasteiger partial charge >= 0.3 is 5.97 Å². The maximum atomic E-state index is 11.3. The van der Waals surface area contributed by atoms with Crippen LogP contribution in [0.5, 0.6) is 0 Å². The molecule has 1 amide bonds. The molecule has 88 valence electrons. The summed E-state index contributed by atoms with van der Waals surface area (Å²) in [5, 5.41) is 10.9. The van der Waals surface area contributed by atoms with Gasteiger partial charge in [0.25, 0.3) is 0 Å². The van der Waals surface area contributed by atoms with Gasteiger partial charge in [-0.1, -0.05) is 6.92 Å². The Kier molecular flexibility index (Phi) is 6.64. The summed E-state index contributed by atoms with van der Waals surface area (Å²) in [5.74, 6) is -1.43. The van der Waals surface area contributed by atoms with Crippen molar-refractivity contribution in [3.8, 4) is 0 Å². The van der Waals surface area contributed by atoms with Gasteiger partial charge in [0.2, 0.25) is 5.91 Å². The van der Waals surface area contributed by atoms with Crippen LogP contribution in [0.1, 0.15) is 13.8 Å². The fraction of sp³-hybridized carbons (Fsp3) is 0.778. The van der Waals surface area contributed by atoms with Gasteiger partial charge in [0, 0.05) is 18.5 Å². The largest absolute Gasteiger partial charge is 0.480 e. The highest BCUT2D eigenvalue weighted by Gasteiger charge is 2.15. The molecule has 0 saturated carbocycles. The van der Waals surface area contributed by atoms with E-state index in [0.29, 0.717) is 6.54 Å². The summed E-state index contributed by atoms with van der Waals surface area (Å²) in [4.78, 5) is 21.4. The summed E-state index contributed by atoms with van der Waals surface area (Å²) < 4.78 is 4.74. The van der Waals surface area contributed by atoms with Gasteiger partial charge in [-0.15, -0.1) is 0 Å². The highest BCUT2D eigenvalue weighted by molar-refractivity contribution is 5.78. The Balaban J connectivity index is 3.51. The first kappa shape index (κ1) is 13.9. The molecule has 0 heterocycles. The van der Waals surface area contributed by atoms with Crippen molar-refractivity contribution in [2.45, 2.75) is 19.9 Å². The molecule has 0 aromatic rings. The van der Waals surface area contributed by atoms with E-state index in [9.17, 15) is 9.59 Å². The number of nitrogens with one attached hydrogen (secondary N) is 1. The fourth-order valence-corrected chi connectivity index (χ4v) is 0.806. The number of carboxylic acids is 1. The third-order valence-electron chi connectivity index (χ3n) is 1.97. The lowest BCUT2D eigenvalue weighted by Crippen LogP contribution is -2.39. The predicted molar refractivity (Wildman–Crippen MR) is 54.3 cm³/mol. The van der Waals surface area contributed by atoms with Crippen molar-refractivity contribution in [2.75, 3.05) is 19.8 Å². The number of ether oxygens (including phenoxy) is 1. The molecule has 0 spiro atoms. The van der Waals surface area contributed by atoms with Crippen molar-refractivity contribution in [1.82, 2.24) is 5.32 Å². The van der Waals surface area contributed by atoms with Gasteiger partial charge in [0.1, 0.15) is 6.61 Å². The van der Waals surface area contributed by atoms with Gasteiger partial charge in [0.15, 0.2) is 0 Å². The van der Waals surface area contributed by atoms with Gasteiger partial charge in [-0.05, 0) is 6.92 Å². The number of carbonyl (C=O) groups excluding carboxylic acids is 1. The molecule has 0 fully saturated rings. The molecule has 6 nitrogen and oxygen atoms in total. The summed E-state index contributed by atoms with van der Waals surface area (Å²) >= 11 is 0. The molecule has 0 aliphatic rings. The number of nitrogens with two attached hydrogens (primary N) is 1. The van der Waals surface area contributed by atoms with Gasteiger partial charge in [0.05, 0.1) is 6.61 Å². The fourth-order valence-electron chi connectivity index (χ4n) is 0.806. The standard InChI is InChI=1S/C9H18N2O4/c1-6(7(2)10)9(14)11-3-4-15-5-8(12)13/h6-7H,3-5,10H2,1-2H3,(H,11,14)(H,12,13). The van der Waals surface area contributed by atoms with E-state index in [-0.39, 0.29) is 31.1 Å². The van der Waals surface area contributed by atoms with Gasteiger partial charge in [-0.25, -0.2) is 4.79 Å². The minimum absolute atomic E-state index is 0.149. The van der Waals surface area contributed by atoms with Gasteiger partial charge < -0.3 is 20.9 Å². The minimum atomic E-state index is -1.02. The molecule has 0 rings (SSSR count). The number of rotatable bonds is 7. The number of carboxylic acid groups (broad SMARTS) is 1. The Morgan fingerprint density at radius 2 is 2.07 bits per heavy atom. The lowest BCUT2D eigenvalue weighted by Gasteiger charge is -2.14. The van der Waals surface area contributed by atoms with E-state index in [1.165, 1.54) is 0 Å². The van der Waals surface area contributed by atoms with Gasteiger partial charge in [-0.2, -0.15) is 0 Å². The Bertz CT molecular complexity index is 218. The Morgan fingerprint density at radius 3 is 2.53 bits per heavy atom. The summed E-state index contributed by atoms with van der Waals surface area (Å²) in [6.07, 6.45) is 0. The zero-order valence-electron chi connectivity index (χ0n) is 9.03. The van der Waals surface area contributed by atoms with Crippen molar-refractivity contribution in [1.29, 1.82) is 0 Å². The van der Waals surface area contributed by atoms with E-state index in [4.69, 9.17) is 15.6 Å². The van der Waals surface area contributed by atoms with E-state index in [1.54, 1.807) is 13.8 Å². The molecule has 0 aromatic heterocycles. The SMILES string of the molecule is CC(N)C(C)C(=O)NCCOCC(=O)O. The van der Waals surface area contributed by atoms with Crippen LogP contribution in [0.3, 0.4) is 0 Å². The van der Waals surface area contributed by atoms with Crippen LogP contribution in [0, 0.1) is 5.92 Å². The molecule has 0 bridgehead atoms. The van der Waals surface area contributed by atoms with Crippen molar-refractivity contribution in [3.05, 3.63) is 0 Å². The third-order valence-corrected chi connectivity index (χ3v) is 1.97. The topological polar surface area (TPSA) is 102 Å². The van der Waals surface area contributed by atoms with Crippen LogP contribution in [0.2, 0.25) is 0 Å². The van der Waals surface area contributed by atoms with Crippen LogP contribution in [-0.4, -0.2) is 42.8 Å². The van der Waals surface area contributed by atoms with E-state index in [0.717, 1.165) is 0 Å². The number of hydrogen-bond acceptors (Lipinski definition) is 4. The normalized spacial score (nSPS) is 14.3. The number of aliphatic carboxylic acids is 1. The zero-order chi connectivity index (χ0) is 11.8. The quantitative estimate of drug-likeness (QED) is 0.485. The molecule has 2 unspecified atom stereocenters. The molecule has 15 heavy (non-hydrogen) atoms. The molecular formula is C9H18N2O4. The molecular weight excluding hydrogens is 200 g/mol. The molecule has 2 atom stereocenters. The summed E-state index contributed by atoms with van der Waals surface area (Å²) in [6, 6.07) is -0.204. The second kappa shape index (κ2) is 7.19. The molecule has 0 aliphatic heterocycles. The maximum Gasteiger partial charge on any atom is 0.329 e. The van der Waals surface area contributed by atoms with Crippen molar-refractivity contribution < 1.29 is 19.4 Å². The average Bonchev–Trinajstić information content (AvgIpc) is 2.15. The highest BCUT2D eigenvalue weighted by Crippen LogP contribution is 1.98. The number of hydrogen-bond donors (Lipinski definition) is 3. The smallest absolute Gasteiger partial charge is 0.329 e. The third kappa shape index (κ3) is 6.87. The summed E-state index contributed by atoms with van der Waals surface area (Å²) in [6.45, 7) is 3.62. The molecule has 0 radical (unpaired) electrons. The van der Waals surface area contributed by atoms with Crippen LogP contribution < -0.4 is 11.1 Å². The van der Waals surface area contributed by atoms with Crippen LogP contribution in [0.25, 0.3) is 0 Å². The Morgan fingerprint density at radius 1 is 1.47 bits per heavy atom. The van der Waals surface area contributed by atoms with E-state index in [1.807, 2.05) is 0 Å². The van der Waals surface area contributed by atoms with Crippen LogP contribution in [0.4, 0.5) is 0 Å². The summed E-state index contributed by atoms with van der Waals surface area (Å²) in [7, 11) is 0. The van der Waals surface area contributed by atoms with Crippen LogP contribution >= 0.6 is 0 Å². The van der Waals surface area contributed by atoms with Crippen molar-refractivity contribution >= 4 is 11.9 Å². The highest BCUT2D eigenvalue weighted by atomic mass is 16.5. The van der Waals surface area contributed by atoms with Crippen LogP contribution in [0.15, 0.2) is 0 Å². The molecule has 0 aromatic carbocycles. The number of carbonyl (C=O) groups is 2.